The predicted molar refractivity (Wildman–Crippen MR) is 141 cm³/mol. The number of halogens is 1. The molecule has 0 radical (unpaired) electrons. The highest BCUT2D eigenvalue weighted by atomic mass is 35.5. The first-order valence-corrected chi connectivity index (χ1v) is 13.5. The number of hydrogen-bond acceptors (Lipinski definition) is 6. The summed E-state index contributed by atoms with van der Waals surface area (Å²) in [5.74, 6) is 1.35. The van der Waals surface area contributed by atoms with Crippen molar-refractivity contribution in [1.29, 1.82) is 0 Å². The number of piperazine rings is 1. The fraction of sp³-hybridized carbons (Fsp3) is 0.192. The molecule has 0 unspecified atom stereocenters. The molecule has 3 aromatic carbocycles. The Balaban J connectivity index is 1.43. The van der Waals surface area contributed by atoms with Gasteiger partial charge in [0.25, 0.3) is 0 Å². The van der Waals surface area contributed by atoms with E-state index in [1.807, 2.05) is 53.8 Å². The third-order valence-corrected chi connectivity index (χ3v) is 8.61. The summed E-state index contributed by atoms with van der Waals surface area (Å²) in [7, 11) is -3.56. The van der Waals surface area contributed by atoms with E-state index in [4.69, 9.17) is 16.6 Å². The summed E-state index contributed by atoms with van der Waals surface area (Å²) in [6, 6.07) is 22.2. The molecule has 8 nitrogen and oxygen atoms in total. The molecule has 10 heteroatoms. The molecule has 1 fully saturated rings. The zero-order valence-electron chi connectivity index (χ0n) is 19.5. The SMILES string of the molecule is Cc1cccc(-c2nnc3c4ccc(Cl)cc4nc(N4CCN(S(=O)(=O)c5ccccc5)CC4)n23)c1. The molecule has 1 saturated heterocycles. The number of benzene rings is 3. The minimum Gasteiger partial charge on any atom is -0.339 e. The molecule has 0 amide bonds. The lowest BCUT2D eigenvalue weighted by atomic mass is 10.1. The monoisotopic (exact) mass is 518 g/mol. The molecule has 3 heterocycles. The van der Waals surface area contributed by atoms with E-state index in [0.717, 1.165) is 16.5 Å². The molecular weight excluding hydrogens is 496 g/mol. The second kappa shape index (κ2) is 8.85. The normalized spacial score (nSPS) is 15.1. The minimum atomic E-state index is -3.56. The number of fused-ring (bicyclic) bond motifs is 3. The summed E-state index contributed by atoms with van der Waals surface area (Å²) in [6.45, 7) is 3.68. The zero-order valence-corrected chi connectivity index (χ0v) is 21.1. The van der Waals surface area contributed by atoms with E-state index in [9.17, 15) is 8.42 Å². The van der Waals surface area contributed by atoms with Crippen molar-refractivity contribution in [3.63, 3.8) is 0 Å². The van der Waals surface area contributed by atoms with Crippen molar-refractivity contribution >= 4 is 44.1 Å². The third kappa shape index (κ3) is 3.89. The Morgan fingerprint density at radius 2 is 1.64 bits per heavy atom. The van der Waals surface area contributed by atoms with Gasteiger partial charge in [0.1, 0.15) is 0 Å². The van der Waals surface area contributed by atoms with Gasteiger partial charge in [0, 0.05) is 42.2 Å². The number of anilines is 1. The number of nitrogens with zero attached hydrogens (tertiary/aromatic N) is 6. The average molecular weight is 519 g/mol. The Labute approximate surface area is 213 Å². The number of sulfonamides is 1. The molecule has 5 aromatic rings. The van der Waals surface area contributed by atoms with Crippen LogP contribution in [0.1, 0.15) is 5.56 Å². The van der Waals surface area contributed by atoms with E-state index < -0.39 is 10.0 Å². The highest BCUT2D eigenvalue weighted by molar-refractivity contribution is 7.89. The first kappa shape index (κ1) is 22.9. The van der Waals surface area contributed by atoms with Crippen LogP contribution in [0.4, 0.5) is 5.95 Å². The molecule has 6 rings (SSSR count). The van der Waals surface area contributed by atoms with Crippen molar-refractivity contribution < 1.29 is 8.42 Å². The molecule has 0 N–H and O–H groups in total. The van der Waals surface area contributed by atoms with Crippen LogP contribution in [0.15, 0.2) is 77.7 Å². The maximum atomic E-state index is 13.1. The quantitative estimate of drug-likeness (QED) is 0.350. The van der Waals surface area contributed by atoms with Gasteiger partial charge in [0.05, 0.1) is 10.4 Å². The van der Waals surface area contributed by atoms with Crippen molar-refractivity contribution in [2.75, 3.05) is 31.1 Å². The standard InChI is InChI=1S/C26H23ClN6O2S/c1-18-6-5-7-19(16-18)24-29-30-25-22-11-10-20(27)17-23(22)28-26(33(24)25)31-12-14-32(15-13-31)36(34,35)21-8-3-2-4-9-21/h2-11,16-17H,12-15H2,1H3. The van der Waals surface area contributed by atoms with Gasteiger partial charge in [-0.2, -0.15) is 4.31 Å². The Morgan fingerprint density at radius 1 is 0.861 bits per heavy atom. The molecule has 36 heavy (non-hydrogen) atoms. The van der Waals surface area contributed by atoms with Crippen molar-refractivity contribution in [1.82, 2.24) is 23.9 Å². The average Bonchev–Trinajstić information content (AvgIpc) is 3.34. The summed E-state index contributed by atoms with van der Waals surface area (Å²) >= 11 is 6.28. The molecule has 0 atom stereocenters. The lowest BCUT2D eigenvalue weighted by molar-refractivity contribution is 0.382. The Kier molecular flexibility index (Phi) is 5.63. The zero-order chi connectivity index (χ0) is 24.9. The first-order valence-electron chi connectivity index (χ1n) is 11.6. The van der Waals surface area contributed by atoms with Crippen LogP contribution in [0.25, 0.3) is 27.9 Å². The summed E-state index contributed by atoms with van der Waals surface area (Å²) < 4.78 is 29.8. The summed E-state index contributed by atoms with van der Waals surface area (Å²) in [5, 5.41) is 10.5. The van der Waals surface area contributed by atoms with Crippen LogP contribution in [-0.4, -0.2) is 58.5 Å². The molecular formula is C26H23ClN6O2S. The Bertz CT molecular complexity index is 1700. The minimum absolute atomic E-state index is 0.305. The van der Waals surface area contributed by atoms with Crippen molar-refractivity contribution in [2.45, 2.75) is 11.8 Å². The van der Waals surface area contributed by atoms with Crippen LogP contribution in [0.2, 0.25) is 5.02 Å². The highest BCUT2D eigenvalue weighted by Crippen LogP contribution is 2.31. The van der Waals surface area contributed by atoms with E-state index in [0.29, 0.717) is 59.0 Å². The molecule has 1 aliphatic heterocycles. The highest BCUT2D eigenvalue weighted by Gasteiger charge is 2.30. The topological polar surface area (TPSA) is 83.7 Å². The maximum Gasteiger partial charge on any atom is 0.243 e. The van der Waals surface area contributed by atoms with Gasteiger partial charge >= 0.3 is 0 Å². The molecule has 0 spiro atoms. The largest absolute Gasteiger partial charge is 0.339 e. The second-order valence-corrected chi connectivity index (χ2v) is 11.2. The van der Waals surface area contributed by atoms with Gasteiger partial charge < -0.3 is 4.90 Å². The van der Waals surface area contributed by atoms with Gasteiger partial charge in [0.2, 0.25) is 16.0 Å². The molecule has 2 aromatic heterocycles. The van der Waals surface area contributed by atoms with Gasteiger partial charge in [-0.05, 0) is 43.3 Å². The van der Waals surface area contributed by atoms with Crippen LogP contribution in [0.5, 0.6) is 0 Å². The van der Waals surface area contributed by atoms with Crippen LogP contribution in [0.3, 0.4) is 0 Å². The van der Waals surface area contributed by atoms with Gasteiger partial charge in [-0.3, -0.25) is 0 Å². The number of hydrogen-bond donors (Lipinski definition) is 0. The summed E-state index contributed by atoms with van der Waals surface area (Å²) in [4.78, 5) is 7.37. The van der Waals surface area contributed by atoms with E-state index in [-0.39, 0.29) is 0 Å². The van der Waals surface area contributed by atoms with E-state index in [1.165, 1.54) is 4.31 Å². The molecule has 0 saturated carbocycles. The molecule has 0 aliphatic carbocycles. The van der Waals surface area contributed by atoms with Gasteiger partial charge in [-0.15, -0.1) is 10.2 Å². The van der Waals surface area contributed by atoms with E-state index >= 15 is 0 Å². The van der Waals surface area contributed by atoms with Crippen LogP contribution in [0, 0.1) is 6.92 Å². The Hall–Kier alpha value is -3.53. The van der Waals surface area contributed by atoms with E-state index in [1.54, 1.807) is 24.3 Å². The van der Waals surface area contributed by atoms with Crippen LogP contribution < -0.4 is 4.90 Å². The maximum absolute atomic E-state index is 13.1. The smallest absolute Gasteiger partial charge is 0.243 e. The lowest BCUT2D eigenvalue weighted by Crippen LogP contribution is -2.49. The fourth-order valence-electron chi connectivity index (χ4n) is 4.65. The lowest BCUT2D eigenvalue weighted by Gasteiger charge is -2.35. The molecule has 1 aliphatic rings. The molecule has 0 bridgehead atoms. The Morgan fingerprint density at radius 3 is 2.39 bits per heavy atom. The summed E-state index contributed by atoms with van der Waals surface area (Å²) in [6.07, 6.45) is 0. The van der Waals surface area contributed by atoms with Crippen molar-refractivity contribution in [3.05, 3.63) is 83.4 Å². The van der Waals surface area contributed by atoms with Gasteiger partial charge in [-0.25, -0.2) is 17.8 Å². The molecule has 182 valence electrons. The van der Waals surface area contributed by atoms with Crippen molar-refractivity contribution in [2.24, 2.45) is 0 Å². The second-order valence-electron chi connectivity index (χ2n) is 8.83. The fourth-order valence-corrected chi connectivity index (χ4v) is 6.26. The van der Waals surface area contributed by atoms with Gasteiger partial charge in [0.15, 0.2) is 11.5 Å². The van der Waals surface area contributed by atoms with Crippen molar-refractivity contribution in [3.8, 4) is 11.4 Å². The number of aryl methyl sites for hydroxylation is 1. The predicted octanol–water partition coefficient (Wildman–Crippen LogP) is 4.42. The van der Waals surface area contributed by atoms with Crippen LogP contribution in [-0.2, 0) is 10.0 Å². The first-order chi connectivity index (χ1) is 17.4. The summed E-state index contributed by atoms with van der Waals surface area (Å²) in [5.41, 5.74) is 3.45. The third-order valence-electron chi connectivity index (χ3n) is 6.46. The number of aromatic nitrogens is 4. The van der Waals surface area contributed by atoms with Crippen LogP contribution >= 0.6 is 11.6 Å². The number of rotatable bonds is 4. The van der Waals surface area contributed by atoms with Gasteiger partial charge in [-0.1, -0.05) is 53.6 Å². The van der Waals surface area contributed by atoms with E-state index in [2.05, 4.69) is 21.2 Å².